The number of thiophene rings is 1. The van der Waals surface area contributed by atoms with Gasteiger partial charge >= 0.3 is 0 Å². The smallest absolute Gasteiger partial charge is 0.261 e. The minimum Gasteiger partial charge on any atom is -0.351 e. The highest BCUT2D eigenvalue weighted by Crippen LogP contribution is 2.15. The van der Waals surface area contributed by atoms with Crippen molar-refractivity contribution in [3.63, 3.8) is 0 Å². The molecule has 6 nitrogen and oxygen atoms in total. The minimum absolute atomic E-state index is 0.00266. The second-order valence-electron chi connectivity index (χ2n) is 6.14. The fourth-order valence-corrected chi connectivity index (χ4v) is 4.16. The molecular formula is C19H20IN3O3S. The fraction of sp³-hybridized carbons (Fsp3) is 0.316. The first kappa shape index (κ1) is 19.8. The Morgan fingerprint density at radius 2 is 1.70 bits per heavy atom. The molecule has 2 aromatic rings. The largest absolute Gasteiger partial charge is 0.351 e. The molecule has 3 rings (SSSR count). The topological polar surface area (TPSA) is 69.7 Å². The van der Waals surface area contributed by atoms with Crippen molar-refractivity contribution in [3.05, 3.63) is 55.8 Å². The molecule has 2 heterocycles. The Morgan fingerprint density at radius 3 is 2.37 bits per heavy atom. The Labute approximate surface area is 175 Å². The van der Waals surface area contributed by atoms with E-state index in [1.807, 2.05) is 35.7 Å². The maximum absolute atomic E-state index is 12.6. The predicted octanol–water partition coefficient (Wildman–Crippen LogP) is 2.46. The van der Waals surface area contributed by atoms with Gasteiger partial charge in [-0.05, 0) is 46.2 Å². The Morgan fingerprint density at radius 1 is 1.00 bits per heavy atom. The Bertz CT molecular complexity index is 817. The number of amides is 3. The molecule has 1 N–H and O–H groups in total. The van der Waals surface area contributed by atoms with E-state index in [-0.39, 0.29) is 24.1 Å². The van der Waals surface area contributed by atoms with Crippen LogP contribution in [-0.4, -0.2) is 60.2 Å². The molecule has 0 aliphatic carbocycles. The van der Waals surface area contributed by atoms with Gasteiger partial charge < -0.3 is 15.1 Å². The van der Waals surface area contributed by atoms with Crippen LogP contribution < -0.4 is 5.32 Å². The van der Waals surface area contributed by atoms with Crippen LogP contribution in [0.15, 0.2) is 41.8 Å². The maximum atomic E-state index is 12.6. The third-order valence-electron chi connectivity index (χ3n) is 4.39. The fourth-order valence-electron chi connectivity index (χ4n) is 2.90. The summed E-state index contributed by atoms with van der Waals surface area (Å²) in [5, 5.41) is 4.61. The molecule has 0 bridgehead atoms. The zero-order chi connectivity index (χ0) is 19.2. The molecule has 0 saturated carbocycles. The van der Waals surface area contributed by atoms with Crippen LogP contribution in [0.5, 0.6) is 0 Å². The molecule has 1 saturated heterocycles. The minimum atomic E-state index is -0.148. The molecular weight excluding hydrogens is 477 g/mol. The van der Waals surface area contributed by atoms with Gasteiger partial charge in [0.2, 0.25) is 5.91 Å². The third kappa shape index (κ3) is 5.07. The first-order valence-electron chi connectivity index (χ1n) is 8.69. The van der Waals surface area contributed by atoms with E-state index in [0.717, 1.165) is 3.57 Å². The van der Waals surface area contributed by atoms with E-state index in [2.05, 4.69) is 27.9 Å². The highest BCUT2D eigenvalue weighted by Gasteiger charge is 2.25. The number of carbonyl (C=O) groups excluding carboxylic acids is 3. The van der Waals surface area contributed by atoms with E-state index in [4.69, 9.17) is 0 Å². The van der Waals surface area contributed by atoms with E-state index < -0.39 is 0 Å². The van der Waals surface area contributed by atoms with Gasteiger partial charge in [0, 0.05) is 42.7 Å². The zero-order valence-electron chi connectivity index (χ0n) is 14.7. The summed E-state index contributed by atoms with van der Waals surface area (Å²) < 4.78 is 0.931. The van der Waals surface area contributed by atoms with E-state index in [1.54, 1.807) is 15.9 Å². The lowest BCUT2D eigenvalue weighted by atomic mass is 10.2. The first-order chi connectivity index (χ1) is 13.1. The molecule has 0 spiro atoms. The van der Waals surface area contributed by atoms with Crippen LogP contribution in [0.3, 0.4) is 0 Å². The van der Waals surface area contributed by atoms with Gasteiger partial charge in [-0.3, -0.25) is 14.4 Å². The van der Waals surface area contributed by atoms with Crippen molar-refractivity contribution in [2.75, 3.05) is 32.7 Å². The molecule has 27 heavy (non-hydrogen) atoms. The first-order valence-corrected chi connectivity index (χ1v) is 10.7. The Hall–Kier alpha value is -1.94. The summed E-state index contributed by atoms with van der Waals surface area (Å²) in [6.45, 7) is 2.41. The molecule has 142 valence electrons. The van der Waals surface area contributed by atoms with Crippen molar-refractivity contribution in [1.82, 2.24) is 15.1 Å². The van der Waals surface area contributed by atoms with Gasteiger partial charge in [-0.25, -0.2) is 0 Å². The monoisotopic (exact) mass is 497 g/mol. The zero-order valence-corrected chi connectivity index (χ0v) is 17.7. The lowest BCUT2D eigenvalue weighted by molar-refractivity contribution is -0.132. The van der Waals surface area contributed by atoms with Crippen molar-refractivity contribution < 1.29 is 14.4 Å². The van der Waals surface area contributed by atoms with E-state index in [9.17, 15) is 14.4 Å². The van der Waals surface area contributed by atoms with Crippen molar-refractivity contribution >= 4 is 51.6 Å². The van der Waals surface area contributed by atoms with Crippen LogP contribution in [0.4, 0.5) is 0 Å². The lowest BCUT2D eigenvalue weighted by Crippen LogP contribution is -2.51. The van der Waals surface area contributed by atoms with Crippen molar-refractivity contribution in [1.29, 1.82) is 0 Å². The number of hydrogen-bond donors (Lipinski definition) is 1. The number of rotatable bonds is 5. The molecule has 1 aromatic heterocycles. The summed E-state index contributed by atoms with van der Waals surface area (Å²) in [4.78, 5) is 41.0. The van der Waals surface area contributed by atoms with Crippen LogP contribution in [0.2, 0.25) is 0 Å². The summed E-state index contributed by atoms with van der Waals surface area (Å²) in [5.74, 6) is -0.135. The number of nitrogens with one attached hydrogen (secondary N) is 1. The normalized spacial score (nSPS) is 14.1. The van der Waals surface area contributed by atoms with Crippen LogP contribution >= 0.6 is 33.9 Å². The van der Waals surface area contributed by atoms with Gasteiger partial charge in [0.15, 0.2) is 0 Å². The van der Waals surface area contributed by atoms with E-state index in [0.29, 0.717) is 43.2 Å². The van der Waals surface area contributed by atoms with Gasteiger partial charge in [0.1, 0.15) is 0 Å². The van der Waals surface area contributed by atoms with Gasteiger partial charge in [0.05, 0.1) is 10.4 Å². The summed E-state index contributed by atoms with van der Waals surface area (Å²) in [5.41, 5.74) is 0.703. The molecule has 8 heteroatoms. The molecule has 1 fully saturated rings. The number of piperazine rings is 1. The molecule has 3 amide bonds. The molecule has 1 aliphatic heterocycles. The van der Waals surface area contributed by atoms with Gasteiger partial charge in [-0.2, -0.15) is 0 Å². The summed E-state index contributed by atoms with van der Waals surface area (Å²) >= 11 is 3.54. The molecule has 1 aromatic carbocycles. The summed E-state index contributed by atoms with van der Waals surface area (Å²) in [6.07, 6.45) is 0.266. The predicted molar refractivity (Wildman–Crippen MR) is 113 cm³/mol. The van der Waals surface area contributed by atoms with Crippen molar-refractivity contribution in [3.8, 4) is 0 Å². The van der Waals surface area contributed by atoms with E-state index in [1.165, 1.54) is 11.3 Å². The van der Waals surface area contributed by atoms with Crippen LogP contribution in [-0.2, 0) is 4.79 Å². The van der Waals surface area contributed by atoms with Crippen molar-refractivity contribution in [2.24, 2.45) is 0 Å². The number of halogens is 1. The number of hydrogen-bond acceptors (Lipinski definition) is 4. The average molecular weight is 497 g/mol. The number of nitrogens with zero attached hydrogens (tertiary/aromatic N) is 2. The summed E-state index contributed by atoms with van der Waals surface area (Å²) in [6, 6.07) is 11.1. The average Bonchev–Trinajstić information content (AvgIpc) is 3.23. The Kier molecular flexibility index (Phi) is 6.84. The Balaban J connectivity index is 1.43. The van der Waals surface area contributed by atoms with E-state index >= 15 is 0 Å². The standard InChI is InChI=1S/C19H20IN3O3S/c20-15-5-2-1-4-14(15)19(26)23-11-9-22(10-12-23)17(24)7-8-21-18(25)16-6-3-13-27-16/h1-6,13H,7-12H2,(H,21,25). The van der Waals surface area contributed by atoms with Gasteiger partial charge in [0.25, 0.3) is 11.8 Å². The SMILES string of the molecule is O=C(NCCC(=O)N1CCN(C(=O)c2ccccc2I)CC1)c1cccs1. The van der Waals surface area contributed by atoms with Crippen LogP contribution in [0.25, 0.3) is 0 Å². The molecule has 0 atom stereocenters. The maximum Gasteiger partial charge on any atom is 0.261 e. The highest BCUT2D eigenvalue weighted by molar-refractivity contribution is 14.1. The van der Waals surface area contributed by atoms with Gasteiger partial charge in [-0.1, -0.05) is 18.2 Å². The molecule has 1 aliphatic rings. The van der Waals surface area contributed by atoms with Crippen LogP contribution in [0, 0.1) is 3.57 Å². The second-order valence-corrected chi connectivity index (χ2v) is 8.25. The highest BCUT2D eigenvalue weighted by atomic mass is 127. The third-order valence-corrected chi connectivity index (χ3v) is 6.20. The lowest BCUT2D eigenvalue weighted by Gasteiger charge is -2.35. The number of benzene rings is 1. The quantitative estimate of drug-likeness (QED) is 0.646. The number of carbonyl (C=O) groups is 3. The van der Waals surface area contributed by atoms with Gasteiger partial charge in [-0.15, -0.1) is 11.3 Å². The summed E-state index contributed by atoms with van der Waals surface area (Å²) in [7, 11) is 0. The second kappa shape index (κ2) is 9.32. The molecule has 0 radical (unpaired) electrons. The molecule has 0 unspecified atom stereocenters. The van der Waals surface area contributed by atoms with Crippen molar-refractivity contribution in [2.45, 2.75) is 6.42 Å². The van der Waals surface area contributed by atoms with Crippen LogP contribution in [0.1, 0.15) is 26.5 Å².